The summed E-state index contributed by atoms with van der Waals surface area (Å²) in [5, 5.41) is 4.22. The van der Waals surface area contributed by atoms with Crippen LogP contribution in [0.4, 0.5) is 0 Å². The van der Waals surface area contributed by atoms with E-state index in [0.29, 0.717) is 5.92 Å². The van der Waals surface area contributed by atoms with Gasteiger partial charge in [0.2, 0.25) is 0 Å². The first-order valence-corrected chi connectivity index (χ1v) is 5.57. The van der Waals surface area contributed by atoms with Gasteiger partial charge in [-0.2, -0.15) is 5.10 Å². The Hall–Kier alpha value is -0.740. The van der Waals surface area contributed by atoms with Crippen LogP contribution >= 0.6 is 12.4 Å². The molecule has 0 aliphatic rings. The highest BCUT2D eigenvalue weighted by Gasteiger charge is 2.01. The summed E-state index contributed by atoms with van der Waals surface area (Å²) in [6.07, 6.45) is 5.74. The third kappa shape index (κ3) is 5.98. The molecule has 0 aliphatic heterocycles. The van der Waals surface area contributed by atoms with Crippen LogP contribution in [-0.2, 0) is 6.54 Å². The Balaban J connectivity index is 0.00000225. The summed E-state index contributed by atoms with van der Waals surface area (Å²) in [4.78, 5) is 0. The van der Waals surface area contributed by atoms with E-state index < -0.39 is 0 Å². The maximum Gasteiger partial charge on any atom is 0.157 e. The van der Waals surface area contributed by atoms with Gasteiger partial charge in [0.05, 0.1) is 19.0 Å². The molecule has 0 spiro atoms. The minimum atomic E-state index is 0. The summed E-state index contributed by atoms with van der Waals surface area (Å²) >= 11 is 0. The largest absolute Gasteiger partial charge is 0.490 e. The van der Waals surface area contributed by atoms with Crippen molar-refractivity contribution in [2.45, 2.75) is 33.2 Å². The number of nitrogens with two attached hydrogens (primary N) is 1. The lowest BCUT2D eigenvalue weighted by atomic mass is 10.2. The average molecular weight is 248 g/mol. The number of aromatic nitrogens is 2. The van der Waals surface area contributed by atoms with E-state index in [1.54, 1.807) is 6.20 Å². The SMILES string of the molecule is CC(C)Cn1cc(OCCCCN)cn1.Cl. The van der Waals surface area contributed by atoms with E-state index in [9.17, 15) is 0 Å². The Kier molecular flexibility index (Phi) is 8.03. The smallest absolute Gasteiger partial charge is 0.157 e. The molecule has 94 valence electrons. The minimum Gasteiger partial charge on any atom is -0.490 e. The molecule has 0 unspecified atom stereocenters. The van der Waals surface area contributed by atoms with Crippen molar-refractivity contribution in [3.8, 4) is 5.75 Å². The lowest BCUT2D eigenvalue weighted by molar-refractivity contribution is 0.307. The Morgan fingerprint density at radius 3 is 2.81 bits per heavy atom. The van der Waals surface area contributed by atoms with E-state index in [1.807, 2.05) is 10.9 Å². The van der Waals surface area contributed by atoms with Gasteiger partial charge < -0.3 is 10.5 Å². The van der Waals surface area contributed by atoms with Gasteiger partial charge in [-0.25, -0.2) is 0 Å². The normalized spacial score (nSPS) is 10.2. The highest BCUT2D eigenvalue weighted by Crippen LogP contribution is 2.10. The van der Waals surface area contributed by atoms with Crippen molar-refractivity contribution in [1.82, 2.24) is 9.78 Å². The summed E-state index contributed by atoms with van der Waals surface area (Å²) in [6, 6.07) is 0. The molecule has 1 heterocycles. The maximum absolute atomic E-state index is 5.53. The highest BCUT2D eigenvalue weighted by molar-refractivity contribution is 5.85. The molecule has 1 aromatic rings. The zero-order chi connectivity index (χ0) is 11.1. The summed E-state index contributed by atoms with van der Waals surface area (Å²) in [5.41, 5.74) is 5.39. The Morgan fingerprint density at radius 1 is 1.44 bits per heavy atom. The van der Waals surface area contributed by atoms with E-state index in [2.05, 4.69) is 18.9 Å². The van der Waals surface area contributed by atoms with E-state index in [1.165, 1.54) is 0 Å². The molecule has 0 radical (unpaired) electrons. The average Bonchev–Trinajstić information content (AvgIpc) is 2.59. The summed E-state index contributed by atoms with van der Waals surface area (Å²) in [5.74, 6) is 1.46. The minimum absolute atomic E-state index is 0. The number of hydrogen-bond acceptors (Lipinski definition) is 3. The fourth-order valence-electron chi connectivity index (χ4n) is 1.33. The number of halogens is 1. The zero-order valence-electron chi connectivity index (χ0n) is 10.1. The third-order valence-electron chi connectivity index (χ3n) is 2.03. The van der Waals surface area contributed by atoms with Gasteiger partial charge in [0.1, 0.15) is 0 Å². The fourth-order valence-corrected chi connectivity index (χ4v) is 1.33. The molecule has 0 atom stereocenters. The number of rotatable bonds is 7. The molecule has 0 bridgehead atoms. The Labute approximate surface area is 104 Å². The van der Waals surface area contributed by atoms with Gasteiger partial charge in [-0.15, -0.1) is 12.4 Å². The van der Waals surface area contributed by atoms with Crippen molar-refractivity contribution >= 4 is 12.4 Å². The van der Waals surface area contributed by atoms with Crippen LogP contribution in [0.2, 0.25) is 0 Å². The van der Waals surface area contributed by atoms with Gasteiger partial charge in [0, 0.05) is 6.54 Å². The van der Waals surface area contributed by atoms with Crippen molar-refractivity contribution in [1.29, 1.82) is 0 Å². The molecular formula is C11H22ClN3O. The Bertz CT molecular complexity index is 276. The lowest BCUT2D eigenvalue weighted by Gasteiger charge is -2.04. The molecule has 0 aromatic carbocycles. The predicted molar refractivity (Wildman–Crippen MR) is 68.1 cm³/mol. The molecule has 0 saturated carbocycles. The van der Waals surface area contributed by atoms with Crippen molar-refractivity contribution < 1.29 is 4.74 Å². The molecule has 0 aliphatic carbocycles. The topological polar surface area (TPSA) is 53.1 Å². The monoisotopic (exact) mass is 247 g/mol. The Morgan fingerprint density at radius 2 is 2.19 bits per heavy atom. The fraction of sp³-hybridized carbons (Fsp3) is 0.727. The molecule has 1 rings (SSSR count). The number of unbranched alkanes of at least 4 members (excludes halogenated alkanes) is 1. The maximum atomic E-state index is 5.53. The van der Waals surface area contributed by atoms with E-state index in [-0.39, 0.29) is 12.4 Å². The molecule has 1 aromatic heterocycles. The van der Waals surface area contributed by atoms with Gasteiger partial charge in [-0.05, 0) is 25.3 Å². The van der Waals surface area contributed by atoms with Gasteiger partial charge >= 0.3 is 0 Å². The molecule has 5 heteroatoms. The molecule has 0 saturated heterocycles. The van der Waals surface area contributed by atoms with Crippen LogP contribution in [0.1, 0.15) is 26.7 Å². The molecule has 16 heavy (non-hydrogen) atoms. The number of hydrogen-bond donors (Lipinski definition) is 1. The molecule has 2 N–H and O–H groups in total. The third-order valence-corrected chi connectivity index (χ3v) is 2.03. The van der Waals surface area contributed by atoms with Crippen LogP contribution in [0.25, 0.3) is 0 Å². The molecular weight excluding hydrogens is 226 g/mol. The van der Waals surface area contributed by atoms with Gasteiger partial charge in [0.25, 0.3) is 0 Å². The predicted octanol–water partition coefficient (Wildman–Crippen LogP) is 2.08. The van der Waals surface area contributed by atoms with Gasteiger partial charge in [-0.3, -0.25) is 4.68 Å². The van der Waals surface area contributed by atoms with Crippen LogP contribution < -0.4 is 10.5 Å². The molecule has 4 nitrogen and oxygen atoms in total. The first-order chi connectivity index (χ1) is 7.22. The standard InChI is InChI=1S/C11H21N3O.ClH/c1-10(2)8-14-9-11(7-13-14)15-6-4-3-5-12;/h7,9-10H,3-6,8,12H2,1-2H3;1H. The van der Waals surface area contributed by atoms with Crippen LogP contribution in [0.3, 0.4) is 0 Å². The van der Waals surface area contributed by atoms with E-state index in [4.69, 9.17) is 10.5 Å². The first kappa shape index (κ1) is 15.3. The second-order valence-electron chi connectivity index (χ2n) is 4.14. The van der Waals surface area contributed by atoms with Crippen molar-refractivity contribution in [2.75, 3.05) is 13.2 Å². The van der Waals surface area contributed by atoms with Crippen molar-refractivity contribution in [3.63, 3.8) is 0 Å². The molecule has 0 amide bonds. The van der Waals surface area contributed by atoms with Crippen molar-refractivity contribution in [2.24, 2.45) is 11.7 Å². The molecule has 0 fully saturated rings. The van der Waals surface area contributed by atoms with Gasteiger partial charge in [0.15, 0.2) is 5.75 Å². The van der Waals surface area contributed by atoms with Crippen LogP contribution in [0.5, 0.6) is 5.75 Å². The summed E-state index contributed by atoms with van der Waals surface area (Å²) in [6.45, 7) is 6.74. The second-order valence-corrected chi connectivity index (χ2v) is 4.14. The van der Waals surface area contributed by atoms with Crippen LogP contribution in [0.15, 0.2) is 12.4 Å². The highest BCUT2D eigenvalue weighted by atomic mass is 35.5. The zero-order valence-corrected chi connectivity index (χ0v) is 10.9. The quantitative estimate of drug-likeness (QED) is 0.751. The summed E-state index contributed by atoms with van der Waals surface area (Å²) in [7, 11) is 0. The number of nitrogens with zero attached hydrogens (tertiary/aromatic N) is 2. The number of ether oxygens (including phenoxy) is 1. The second kappa shape index (κ2) is 8.42. The summed E-state index contributed by atoms with van der Waals surface area (Å²) < 4.78 is 7.45. The van der Waals surface area contributed by atoms with Crippen LogP contribution in [-0.4, -0.2) is 22.9 Å². The van der Waals surface area contributed by atoms with Crippen LogP contribution in [0, 0.1) is 5.92 Å². The van der Waals surface area contributed by atoms with Gasteiger partial charge in [-0.1, -0.05) is 13.8 Å². The van der Waals surface area contributed by atoms with E-state index in [0.717, 1.165) is 38.3 Å². The van der Waals surface area contributed by atoms with E-state index >= 15 is 0 Å². The first-order valence-electron chi connectivity index (χ1n) is 5.57. The lowest BCUT2D eigenvalue weighted by Crippen LogP contribution is -2.04. The van der Waals surface area contributed by atoms with Crippen molar-refractivity contribution in [3.05, 3.63) is 12.4 Å².